The minimum atomic E-state index is -1.82. The van der Waals surface area contributed by atoms with E-state index in [4.69, 9.17) is 25.5 Å². The highest BCUT2D eigenvalue weighted by Gasteiger charge is 2.04. The molecule has 0 spiro atoms. The number of nitrogens with two attached hydrogens (primary N) is 1. The Balaban J connectivity index is 0. The van der Waals surface area contributed by atoms with E-state index in [1.165, 1.54) is 0 Å². The summed E-state index contributed by atoms with van der Waals surface area (Å²) < 4.78 is 0. The highest BCUT2D eigenvalue weighted by atomic mass is 16.4. The van der Waals surface area contributed by atoms with Gasteiger partial charge in [0.15, 0.2) is 0 Å². The average Bonchev–Trinajstić information content (AvgIpc) is 1.89. The molecule has 1 unspecified atom stereocenters. The van der Waals surface area contributed by atoms with Gasteiger partial charge in [0.25, 0.3) is 0 Å². The van der Waals surface area contributed by atoms with Gasteiger partial charge in [-0.1, -0.05) is 6.92 Å². The Morgan fingerprint density at radius 1 is 1.36 bits per heavy atom. The minimum absolute atomic E-state index is 0.384. The normalized spacial score (nSPS) is 10.8. The first-order valence-electron chi connectivity index (χ1n) is 3.13. The average molecular weight is 163 g/mol. The van der Waals surface area contributed by atoms with E-state index >= 15 is 0 Å². The Hall–Kier alpha value is -1.10. The number of carbonyl (C=O) groups is 2. The molecule has 1 atom stereocenters. The summed E-state index contributed by atoms with van der Waals surface area (Å²) in [6.07, 6.45) is 1.08. The first-order chi connectivity index (χ1) is 4.91. The van der Waals surface area contributed by atoms with Gasteiger partial charge < -0.3 is 15.9 Å². The Morgan fingerprint density at radius 3 is 1.55 bits per heavy atom. The van der Waals surface area contributed by atoms with Crippen molar-refractivity contribution in [2.24, 2.45) is 5.73 Å². The number of aliphatic carboxylic acids is 2. The van der Waals surface area contributed by atoms with Gasteiger partial charge in [-0.25, -0.2) is 9.59 Å². The highest BCUT2D eigenvalue weighted by molar-refractivity contribution is 6.27. The van der Waals surface area contributed by atoms with E-state index in [2.05, 4.69) is 6.92 Å². The first kappa shape index (κ1) is 12.6. The van der Waals surface area contributed by atoms with Crippen LogP contribution in [0.25, 0.3) is 0 Å². The summed E-state index contributed by atoms with van der Waals surface area (Å²) in [5, 5.41) is 14.8. The largest absolute Gasteiger partial charge is 0.473 e. The third-order valence-corrected chi connectivity index (χ3v) is 0.827. The molecule has 4 N–H and O–H groups in total. The molecule has 5 nitrogen and oxygen atoms in total. The molecular formula is C6H13NO4. The van der Waals surface area contributed by atoms with E-state index in [0.29, 0.717) is 6.04 Å². The fourth-order valence-corrected chi connectivity index (χ4v) is 0. The molecule has 0 fully saturated rings. The molecule has 0 rings (SSSR count). The van der Waals surface area contributed by atoms with E-state index in [9.17, 15) is 0 Å². The summed E-state index contributed by atoms with van der Waals surface area (Å²) in [5.41, 5.74) is 5.29. The smallest absolute Gasteiger partial charge is 0.414 e. The van der Waals surface area contributed by atoms with Crippen molar-refractivity contribution in [2.45, 2.75) is 26.3 Å². The lowest BCUT2D eigenvalue weighted by atomic mass is 10.3. The molecule has 0 amide bonds. The number of carboxylic acid groups (broad SMARTS) is 2. The van der Waals surface area contributed by atoms with E-state index in [0.717, 1.165) is 6.42 Å². The third kappa shape index (κ3) is 17.6. The summed E-state index contributed by atoms with van der Waals surface area (Å²) in [4.78, 5) is 18.2. The summed E-state index contributed by atoms with van der Waals surface area (Å²) in [6, 6.07) is 0.384. The Kier molecular flexibility index (Phi) is 8.01. The number of carboxylic acids is 2. The van der Waals surface area contributed by atoms with E-state index in [1.54, 1.807) is 0 Å². The zero-order valence-electron chi connectivity index (χ0n) is 6.57. The highest BCUT2D eigenvalue weighted by Crippen LogP contribution is 1.77. The lowest BCUT2D eigenvalue weighted by Gasteiger charge is -1.91. The second-order valence-electron chi connectivity index (χ2n) is 2.00. The van der Waals surface area contributed by atoms with Gasteiger partial charge in [-0.15, -0.1) is 0 Å². The third-order valence-electron chi connectivity index (χ3n) is 0.827. The van der Waals surface area contributed by atoms with Crippen LogP contribution >= 0.6 is 0 Å². The Morgan fingerprint density at radius 2 is 1.55 bits per heavy atom. The van der Waals surface area contributed by atoms with Crippen molar-refractivity contribution in [1.82, 2.24) is 0 Å². The molecule has 0 aromatic carbocycles. The van der Waals surface area contributed by atoms with Gasteiger partial charge in [0, 0.05) is 6.04 Å². The van der Waals surface area contributed by atoms with Crippen LogP contribution in [0.5, 0.6) is 0 Å². The van der Waals surface area contributed by atoms with Gasteiger partial charge in [-0.3, -0.25) is 0 Å². The Bertz CT molecular complexity index is 121. The predicted octanol–water partition coefficient (Wildman–Crippen LogP) is -0.101. The maximum absolute atomic E-state index is 9.10. The molecule has 5 heteroatoms. The molecule has 0 aliphatic heterocycles. The molecule has 0 bridgehead atoms. The standard InChI is InChI=1S/C4H11N.C2H2O4/c1-3-4(2)5;3-1(4)2(5)6/h4H,3,5H2,1-2H3;(H,3,4)(H,5,6). The summed E-state index contributed by atoms with van der Waals surface area (Å²) >= 11 is 0. The molecule has 0 radical (unpaired) electrons. The molecule has 0 saturated heterocycles. The van der Waals surface area contributed by atoms with Gasteiger partial charge in [0.2, 0.25) is 0 Å². The number of hydrogen-bond donors (Lipinski definition) is 3. The minimum Gasteiger partial charge on any atom is -0.473 e. The Labute approximate surface area is 64.8 Å². The van der Waals surface area contributed by atoms with Crippen LogP contribution in [-0.2, 0) is 9.59 Å². The molecular weight excluding hydrogens is 150 g/mol. The van der Waals surface area contributed by atoms with Crippen molar-refractivity contribution in [3.8, 4) is 0 Å². The number of rotatable bonds is 1. The van der Waals surface area contributed by atoms with Gasteiger partial charge in [-0.05, 0) is 13.3 Å². The van der Waals surface area contributed by atoms with Gasteiger partial charge in [0.1, 0.15) is 0 Å². The van der Waals surface area contributed by atoms with Crippen molar-refractivity contribution < 1.29 is 19.8 Å². The summed E-state index contributed by atoms with van der Waals surface area (Å²) in [5.74, 6) is -3.65. The zero-order chi connectivity index (χ0) is 9.44. The zero-order valence-corrected chi connectivity index (χ0v) is 6.57. The number of hydrogen-bond acceptors (Lipinski definition) is 3. The van der Waals surface area contributed by atoms with Crippen LogP contribution in [0.4, 0.5) is 0 Å². The van der Waals surface area contributed by atoms with Crippen molar-refractivity contribution in [3.63, 3.8) is 0 Å². The molecule has 0 saturated carbocycles. The lowest BCUT2D eigenvalue weighted by molar-refractivity contribution is -0.159. The monoisotopic (exact) mass is 163 g/mol. The van der Waals surface area contributed by atoms with Crippen LogP contribution in [0.2, 0.25) is 0 Å². The predicted molar refractivity (Wildman–Crippen MR) is 39.2 cm³/mol. The van der Waals surface area contributed by atoms with Crippen molar-refractivity contribution in [1.29, 1.82) is 0 Å². The lowest BCUT2D eigenvalue weighted by Crippen LogP contribution is -2.11. The maximum atomic E-state index is 9.10. The molecule has 66 valence electrons. The fraction of sp³-hybridized carbons (Fsp3) is 0.667. The van der Waals surface area contributed by atoms with Gasteiger partial charge in [0.05, 0.1) is 0 Å². The molecule has 0 aromatic heterocycles. The van der Waals surface area contributed by atoms with Crippen molar-refractivity contribution in [3.05, 3.63) is 0 Å². The summed E-state index contributed by atoms with van der Waals surface area (Å²) in [7, 11) is 0. The van der Waals surface area contributed by atoms with Crippen molar-refractivity contribution in [2.75, 3.05) is 0 Å². The molecule has 0 heterocycles. The topological polar surface area (TPSA) is 101 Å². The van der Waals surface area contributed by atoms with Crippen LogP contribution in [0.15, 0.2) is 0 Å². The van der Waals surface area contributed by atoms with Crippen molar-refractivity contribution >= 4 is 11.9 Å². The quantitative estimate of drug-likeness (QED) is 0.468. The SMILES string of the molecule is CCC(C)N.O=C(O)C(=O)O. The summed E-state index contributed by atoms with van der Waals surface area (Å²) in [6.45, 7) is 4.07. The molecule has 0 aromatic rings. The van der Waals surface area contributed by atoms with Crippen LogP contribution < -0.4 is 5.73 Å². The maximum Gasteiger partial charge on any atom is 0.414 e. The van der Waals surface area contributed by atoms with Crippen LogP contribution in [0.3, 0.4) is 0 Å². The molecule has 11 heavy (non-hydrogen) atoms. The second kappa shape index (κ2) is 7.01. The van der Waals surface area contributed by atoms with Crippen LogP contribution in [0, 0.1) is 0 Å². The van der Waals surface area contributed by atoms with E-state index in [-0.39, 0.29) is 0 Å². The van der Waals surface area contributed by atoms with Crippen LogP contribution in [0.1, 0.15) is 20.3 Å². The van der Waals surface area contributed by atoms with Gasteiger partial charge in [-0.2, -0.15) is 0 Å². The second-order valence-corrected chi connectivity index (χ2v) is 2.00. The van der Waals surface area contributed by atoms with E-state index < -0.39 is 11.9 Å². The first-order valence-corrected chi connectivity index (χ1v) is 3.13. The molecule has 0 aliphatic carbocycles. The molecule has 0 aliphatic rings. The van der Waals surface area contributed by atoms with E-state index in [1.807, 2.05) is 6.92 Å². The van der Waals surface area contributed by atoms with Crippen LogP contribution in [-0.4, -0.2) is 28.2 Å². The fourth-order valence-electron chi connectivity index (χ4n) is 0. The van der Waals surface area contributed by atoms with Gasteiger partial charge >= 0.3 is 11.9 Å².